The molecule has 1 aromatic rings. The van der Waals surface area contributed by atoms with Crippen molar-refractivity contribution in [2.45, 2.75) is 71.3 Å². The first-order valence-electron chi connectivity index (χ1n) is 14.0. The van der Waals surface area contributed by atoms with Crippen LogP contribution in [-0.4, -0.2) is 42.5 Å². The summed E-state index contributed by atoms with van der Waals surface area (Å²) in [7, 11) is 1.20. The molecule has 0 fully saturated rings. The number of hydrogen-bond donors (Lipinski definition) is 2. The summed E-state index contributed by atoms with van der Waals surface area (Å²) >= 11 is 0. The lowest BCUT2D eigenvalue weighted by molar-refractivity contribution is -0.613. The molecule has 41 heavy (non-hydrogen) atoms. The fourth-order valence-electron chi connectivity index (χ4n) is 3.32. The van der Waals surface area contributed by atoms with E-state index >= 15 is 0 Å². The average Bonchev–Trinajstić information content (AvgIpc) is 2.97. The van der Waals surface area contributed by atoms with Crippen molar-refractivity contribution >= 4 is 17.8 Å². The van der Waals surface area contributed by atoms with Gasteiger partial charge in [-0.25, -0.2) is 9.78 Å². The Hall–Kier alpha value is -4.27. The molecule has 0 aliphatic carbocycles. The monoisotopic (exact) mass is 564 g/mol. The van der Waals surface area contributed by atoms with Crippen molar-refractivity contribution in [3.63, 3.8) is 0 Å². The van der Waals surface area contributed by atoms with Gasteiger partial charge in [0, 0.05) is 19.9 Å². The molecule has 1 heterocycles. The van der Waals surface area contributed by atoms with Gasteiger partial charge >= 0.3 is 5.97 Å². The third-order valence-electron chi connectivity index (χ3n) is 5.63. The first-order valence-corrected chi connectivity index (χ1v) is 14.0. The maximum Gasteiger partial charge on any atom is 0.330 e. The molecule has 0 aliphatic heterocycles. The van der Waals surface area contributed by atoms with Crippen molar-refractivity contribution in [1.82, 2.24) is 15.6 Å². The molecule has 0 spiro atoms. The Morgan fingerprint density at radius 3 is 1.90 bits per heavy atom. The number of aryl methyl sites for hydroxylation is 1. The van der Waals surface area contributed by atoms with Crippen LogP contribution < -0.4 is 15.4 Å². The predicted molar refractivity (Wildman–Crippen MR) is 162 cm³/mol. The minimum absolute atomic E-state index is 0.0989. The molecule has 9 heteroatoms. The van der Waals surface area contributed by atoms with Crippen molar-refractivity contribution in [3.8, 4) is 0 Å². The highest BCUT2D eigenvalue weighted by Gasteiger charge is 2.23. The predicted octanol–water partition coefficient (Wildman–Crippen LogP) is 4.89. The number of nitrogens with one attached hydrogen (secondary N) is 2. The van der Waals surface area contributed by atoms with E-state index in [2.05, 4.69) is 83.3 Å². The third kappa shape index (κ3) is 17.1. The second-order valence-corrected chi connectivity index (χ2v) is 9.05. The summed E-state index contributed by atoms with van der Waals surface area (Å²) < 4.78 is 5.25. The number of rotatable bonds is 19. The SMILES string of the molecule is CC/C=C\C/C=C\C/C=C\C/C=C\C/C=C\C/C=C\CCC(=O)NC(CNC(=O)c1c[n+]([O-])c(C)cn1)C(=O)OC. The Morgan fingerprint density at radius 1 is 0.902 bits per heavy atom. The summed E-state index contributed by atoms with van der Waals surface area (Å²) in [6.07, 6.45) is 34.0. The third-order valence-corrected chi connectivity index (χ3v) is 5.63. The largest absolute Gasteiger partial charge is 0.618 e. The standard InChI is InChI=1S/C32H44N4O5/c1-4-5-6-7-8-9-10-11-12-13-14-15-16-17-18-19-20-21-22-23-30(37)35-28(32(39)41-3)25-34-31(38)29-26-36(40)27(2)24-33-29/h5-6,8-9,11-12,14-15,17-18,20-21,24,26,28H,4,7,10,13,16,19,22-23,25H2,1-3H3,(H,34,38)(H,35,37)/b6-5-,9-8-,12-11-,15-14-,18-17-,21-20-. The van der Waals surface area contributed by atoms with Gasteiger partial charge in [-0.2, -0.15) is 4.73 Å². The van der Waals surface area contributed by atoms with Crippen molar-refractivity contribution in [2.24, 2.45) is 0 Å². The molecular weight excluding hydrogens is 520 g/mol. The maximum atomic E-state index is 12.3. The van der Waals surface area contributed by atoms with E-state index in [9.17, 15) is 19.6 Å². The molecule has 1 rings (SSSR count). The van der Waals surface area contributed by atoms with Crippen LogP contribution in [0.1, 0.15) is 74.5 Å². The Balaban J connectivity index is 2.25. The summed E-state index contributed by atoms with van der Waals surface area (Å²) in [6.45, 7) is 3.49. The molecule has 0 aromatic carbocycles. The number of esters is 1. The van der Waals surface area contributed by atoms with Gasteiger partial charge in [-0.3, -0.25) is 9.59 Å². The molecule has 1 unspecified atom stereocenters. The summed E-state index contributed by atoms with van der Waals surface area (Å²) in [5, 5.41) is 16.7. The number of carbonyl (C=O) groups excluding carboxylic acids is 3. The first kappa shape index (κ1) is 34.8. The minimum Gasteiger partial charge on any atom is -0.618 e. The smallest absolute Gasteiger partial charge is 0.330 e. The normalized spacial score (nSPS) is 12.9. The van der Waals surface area contributed by atoms with Crippen molar-refractivity contribution < 1.29 is 23.9 Å². The van der Waals surface area contributed by atoms with Crippen LogP contribution in [-0.2, 0) is 14.3 Å². The lowest BCUT2D eigenvalue weighted by Gasteiger charge is -2.16. The Kier molecular flexibility index (Phi) is 19.1. The van der Waals surface area contributed by atoms with Crippen LogP contribution in [0.2, 0.25) is 0 Å². The van der Waals surface area contributed by atoms with E-state index in [1.807, 2.05) is 12.2 Å². The molecule has 0 aliphatic rings. The second-order valence-electron chi connectivity index (χ2n) is 9.05. The highest BCUT2D eigenvalue weighted by atomic mass is 16.5. The zero-order valence-electron chi connectivity index (χ0n) is 24.5. The van der Waals surface area contributed by atoms with Crippen LogP contribution in [0, 0.1) is 12.1 Å². The highest BCUT2D eigenvalue weighted by Crippen LogP contribution is 1.99. The van der Waals surface area contributed by atoms with E-state index in [1.165, 1.54) is 13.3 Å². The van der Waals surface area contributed by atoms with Gasteiger partial charge in [0.05, 0.1) is 13.3 Å². The van der Waals surface area contributed by atoms with Gasteiger partial charge in [-0.05, 0) is 44.9 Å². The van der Waals surface area contributed by atoms with Gasteiger partial charge in [-0.15, -0.1) is 0 Å². The van der Waals surface area contributed by atoms with Gasteiger partial charge in [0.2, 0.25) is 17.8 Å². The van der Waals surface area contributed by atoms with Crippen LogP contribution >= 0.6 is 0 Å². The lowest BCUT2D eigenvalue weighted by Crippen LogP contribution is -2.49. The first-order chi connectivity index (χ1) is 19.9. The van der Waals surface area contributed by atoms with E-state index in [0.717, 1.165) is 44.7 Å². The molecule has 1 atom stereocenters. The van der Waals surface area contributed by atoms with E-state index in [4.69, 9.17) is 4.74 Å². The number of nitrogens with zero attached hydrogens (tertiary/aromatic N) is 2. The Bertz CT molecular complexity index is 1120. The zero-order chi connectivity index (χ0) is 30.1. The Labute approximate surface area is 244 Å². The molecule has 0 saturated heterocycles. The van der Waals surface area contributed by atoms with Gasteiger partial charge in [0.25, 0.3) is 5.91 Å². The number of aromatic nitrogens is 2. The zero-order valence-corrected chi connectivity index (χ0v) is 24.5. The van der Waals surface area contributed by atoms with E-state index in [1.54, 1.807) is 6.92 Å². The molecule has 2 amide bonds. The summed E-state index contributed by atoms with van der Waals surface area (Å²) in [6, 6.07) is -1.06. The average molecular weight is 565 g/mol. The summed E-state index contributed by atoms with van der Waals surface area (Å²) in [5.74, 6) is -1.68. The van der Waals surface area contributed by atoms with Gasteiger partial charge in [-0.1, -0.05) is 79.8 Å². The minimum atomic E-state index is -1.06. The van der Waals surface area contributed by atoms with E-state index in [0.29, 0.717) is 16.8 Å². The number of methoxy groups -OCH3 is 1. The number of allylic oxidation sites excluding steroid dienone is 12. The van der Waals surface area contributed by atoms with Crippen molar-refractivity contribution in [1.29, 1.82) is 0 Å². The van der Waals surface area contributed by atoms with Crippen LogP contribution in [0.5, 0.6) is 0 Å². The maximum absolute atomic E-state index is 12.3. The number of ether oxygens (including phenoxy) is 1. The summed E-state index contributed by atoms with van der Waals surface area (Å²) in [4.78, 5) is 40.5. The molecule has 1 aromatic heterocycles. The van der Waals surface area contributed by atoms with Crippen LogP contribution in [0.4, 0.5) is 0 Å². The van der Waals surface area contributed by atoms with Crippen molar-refractivity contribution in [2.75, 3.05) is 13.7 Å². The van der Waals surface area contributed by atoms with Gasteiger partial charge in [0.1, 0.15) is 6.04 Å². The molecule has 9 nitrogen and oxygen atoms in total. The molecule has 0 bridgehead atoms. The number of hydrogen-bond acceptors (Lipinski definition) is 6. The highest BCUT2D eigenvalue weighted by molar-refractivity contribution is 5.92. The molecule has 0 saturated carbocycles. The number of carbonyl (C=O) groups is 3. The lowest BCUT2D eigenvalue weighted by atomic mass is 10.2. The number of amides is 2. The van der Waals surface area contributed by atoms with Gasteiger partial charge in [0.15, 0.2) is 5.69 Å². The van der Waals surface area contributed by atoms with E-state index < -0.39 is 17.9 Å². The fraction of sp³-hybridized carbons (Fsp3) is 0.406. The van der Waals surface area contributed by atoms with Crippen LogP contribution in [0.25, 0.3) is 0 Å². The van der Waals surface area contributed by atoms with E-state index in [-0.39, 0.29) is 24.6 Å². The molecule has 222 valence electrons. The van der Waals surface area contributed by atoms with Gasteiger partial charge < -0.3 is 20.6 Å². The van der Waals surface area contributed by atoms with Crippen LogP contribution in [0.15, 0.2) is 85.3 Å². The second kappa shape index (κ2) is 22.5. The molecule has 0 radical (unpaired) electrons. The van der Waals surface area contributed by atoms with Crippen molar-refractivity contribution in [3.05, 3.63) is 102 Å². The molecular formula is C32H44N4O5. The topological polar surface area (TPSA) is 124 Å². The van der Waals surface area contributed by atoms with Crippen LogP contribution in [0.3, 0.4) is 0 Å². The quantitative estimate of drug-likeness (QED) is 0.107. The fourth-order valence-corrected chi connectivity index (χ4v) is 3.32. The molecule has 2 N–H and O–H groups in total. The summed E-state index contributed by atoms with van der Waals surface area (Å²) in [5.41, 5.74) is 0.242. The Morgan fingerprint density at radius 2 is 1.41 bits per heavy atom.